The van der Waals surface area contributed by atoms with E-state index in [1.165, 1.54) is 25.7 Å². The number of anilines is 1. The maximum absolute atomic E-state index is 5.96. The molecule has 1 aliphatic rings. The van der Waals surface area contributed by atoms with Crippen LogP contribution in [-0.2, 0) is 7.05 Å². The lowest BCUT2D eigenvalue weighted by Crippen LogP contribution is -2.26. The summed E-state index contributed by atoms with van der Waals surface area (Å²) in [6.45, 7) is 2.22. The summed E-state index contributed by atoms with van der Waals surface area (Å²) in [5.41, 5.74) is 0. The van der Waals surface area contributed by atoms with Gasteiger partial charge in [0.25, 0.3) is 0 Å². The maximum Gasteiger partial charge on any atom is 0.206 e. The minimum absolute atomic E-state index is 0.712. The van der Waals surface area contributed by atoms with Gasteiger partial charge in [-0.1, -0.05) is 24.4 Å². The molecule has 1 aromatic heterocycles. The summed E-state index contributed by atoms with van der Waals surface area (Å²) in [7, 11) is 1.97. The first-order valence-corrected chi connectivity index (χ1v) is 5.59. The smallest absolute Gasteiger partial charge is 0.206 e. The van der Waals surface area contributed by atoms with Crippen LogP contribution in [0.1, 0.15) is 25.7 Å². The van der Waals surface area contributed by atoms with Crippen molar-refractivity contribution in [2.45, 2.75) is 25.7 Å². The largest absolute Gasteiger partial charge is 0.342 e. The molecule has 0 aromatic carbocycles. The lowest BCUT2D eigenvalue weighted by molar-refractivity contribution is 0.726. The fourth-order valence-electron chi connectivity index (χ4n) is 1.94. The van der Waals surface area contributed by atoms with E-state index in [9.17, 15) is 0 Å². The van der Waals surface area contributed by atoms with E-state index in [0.29, 0.717) is 5.15 Å². The van der Waals surface area contributed by atoms with Gasteiger partial charge in [-0.05, 0) is 12.8 Å². The van der Waals surface area contributed by atoms with Gasteiger partial charge in [0.15, 0.2) is 0 Å². The quantitative estimate of drug-likeness (QED) is 0.715. The number of aromatic nitrogens is 2. The van der Waals surface area contributed by atoms with Crippen LogP contribution in [0.2, 0.25) is 5.15 Å². The Morgan fingerprint density at radius 2 is 1.86 bits per heavy atom. The second-order valence-corrected chi connectivity index (χ2v) is 4.23. The molecule has 14 heavy (non-hydrogen) atoms. The molecule has 0 amide bonds. The van der Waals surface area contributed by atoms with Gasteiger partial charge >= 0.3 is 0 Å². The van der Waals surface area contributed by atoms with Crippen molar-refractivity contribution in [2.75, 3.05) is 18.0 Å². The highest BCUT2D eigenvalue weighted by molar-refractivity contribution is 6.29. The Morgan fingerprint density at radius 3 is 2.36 bits per heavy atom. The van der Waals surface area contributed by atoms with Gasteiger partial charge < -0.3 is 9.47 Å². The second-order valence-electron chi connectivity index (χ2n) is 3.84. The molecule has 0 saturated carbocycles. The second kappa shape index (κ2) is 4.22. The molecule has 4 heteroatoms. The Labute approximate surface area is 89.7 Å². The van der Waals surface area contributed by atoms with Crippen LogP contribution >= 0.6 is 11.6 Å². The van der Waals surface area contributed by atoms with E-state index in [0.717, 1.165) is 19.0 Å². The van der Waals surface area contributed by atoms with Crippen LogP contribution in [0.4, 0.5) is 5.95 Å². The summed E-state index contributed by atoms with van der Waals surface area (Å²) in [6.07, 6.45) is 6.94. The summed E-state index contributed by atoms with van der Waals surface area (Å²) < 4.78 is 1.95. The van der Waals surface area contributed by atoms with Crippen molar-refractivity contribution in [3.05, 3.63) is 11.3 Å². The zero-order valence-corrected chi connectivity index (χ0v) is 9.30. The molecule has 2 heterocycles. The highest BCUT2D eigenvalue weighted by Crippen LogP contribution is 2.20. The van der Waals surface area contributed by atoms with Gasteiger partial charge in [0.2, 0.25) is 5.95 Å². The molecule has 2 rings (SSSR count). The number of halogens is 1. The van der Waals surface area contributed by atoms with Crippen molar-refractivity contribution < 1.29 is 0 Å². The van der Waals surface area contributed by atoms with Crippen molar-refractivity contribution in [3.8, 4) is 0 Å². The lowest BCUT2D eigenvalue weighted by atomic mass is 10.2. The predicted molar refractivity (Wildman–Crippen MR) is 58.9 cm³/mol. The van der Waals surface area contributed by atoms with Gasteiger partial charge in [-0.15, -0.1) is 0 Å². The Bertz CT molecular complexity index is 300. The number of hydrogen-bond donors (Lipinski definition) is 0. The first-order chi connectivity index (χ1) is 6.79. The topological polar surface area (TPSA) is 21.1 Å². The summed E-state index contributed by atoms with van der Waals surface area (Å²) >= 11 is 5.96. The van der Waals surface area contributed by atoms with Crippen molar-refractivity contribution in [1.82, 2.24) is 9.55 Å². The minimum atomic E-state index is 0.712. The Kier molecular flexibility index (Phi) is 2.96. The molecule has 1 fully saturated rings. The number of nitrogens with zero attached hydrogens (tertiary/aromatic N) is 3. The molecule has 0 bridgehead atoms. The Balaban J connectivity index is 2.16. The molecule has 0 spiro atoms. The van der Waals surface area contributed by atoms with Crippen LogP contribution in [0.3, 0.4) is 0 Å². The van der Waals surface area contributed by atoms with Crippen LogP contribution < -0.4 is 4.90 Å². The van der Waals surface area contributed by atoms with E-state index in [1.54, 1.807) is 6.20 Å². The monoisotopic (exact) mass is 213 g/mol. The minimum Gasteiger partial charge on any atom is -0.342 e. The zero-order chi connectivity index (χ0) is 9.97. The summed E-state index contributed by atoms with van der Waals surface area (Å²) in [5.74, 6) is 1.01. The number of rotatable bonds is 1. The van der Waals surface area contributed by atoms with E-state index < -0.39 is 0 Å². The summed E-state index contributed by atoms with van der Waals surface area (Å²) in [6, 6.07) is 0. The molecule has 0 aliphatic carbocycles. The van der Waals surface area contributed by atoms with Crippen LogP contribution in [0.25, 0.3) is 0 Å². The fraction of sp³-hybridized carbons (Fsp3) is 0.700. The molecule has 3 nitrogen and oxygen atoms in total. The fourth-order valence-corrected chi connectivity index (χ4v) is 2.07. The van der Waals surface area contributed by atoms with E-state index in [1.807, 2.05) is 11.6 Å². The van der Waals surface area contributed by atoms with Crippen molar-refractivity contribution >= 4 is 17.5 Å². The molecule has 0 atom stereocenters. The molecule has 0 unspecified atom stereocenters. The molecule has 1 aromatic rings. The normalized spacial score (nSPS) is 18.3. The third-order valence-electron chi connectivity index (χ3n) is 2.80. The predicted octanol–water partition coefficient (Wildman–Crippen LogP) is 2.45. The molecule has 0 N–H and O–H groups in total. The average Bonchev–Trinajstić information content (AvgIpc) is 2.47. The maximum atomic E-state index is 5.96. The highest BCUT2D eigenvalue weighted by atomic mass is 35.5. The van der Waals surface area contributed by atoms with E-state index in [-0.39, 0.29) is 0 Å². The van der Waals surface area contributed by atoms with Crippen molar-refractivity contribution in [1.29, 1.82) is 0 Å². The molecule has 0 radical (unpaired) electrons. The van der Waals surface area contributed by atoms with Gasteiger partial charge in [0.05, 0.1) is 6.20 Å². The first kappa shape index (κ1) is 9.84. The van der Waals surface area contributed by atoms with E-state index >= 15 is 0 Å². The highest BCUT2D eigenvalue weighted by Gasteiger charge is 2.14. The Hall–Kier alpha value is -0.700. The molecule has 78 valence electrons. The van der Waals surface area contributed by atoms with Crippen LogP contribution in [0.5, 0.6) is 0 Å². The van der Waals surface area contributed by atoms with Crippen molar-refractivity contribution in [3.63, 3.8) is 0 Å². The van der Waals surface area contributed by atoms with Gasteiger partial charge in [-0.2, -0.15) is 0 Å². The van der Waals surface area contributed by atoms with Gasteiger partial charge in [0, 0.05) is 20.1 Å². The van der Waals surface area contributed by atoms with Crippen molar-refractivity contribution in [2.24, 2.45) is 7.05 Å². The van der Waals surface area contributed by atoms with Gasteiger partial charge in [-0.25, -0.2) is 4.98 Å². The first-order valence-electron chi connectivity index (χ1n) is 5.21. The van der Waals surface area contributed by atoms with Gasteiger partial charge in [-0.3, -0.25) is 0 Å². The standard InChI is InChI=1S/C10H16ClN3/c1-13-9(11)8-12-10(13)14-6-4-2-3-5-7-14/h8H,2-7H2,1H3. The van der Waals surface area contributed by atoms with Crippen LogP contribution in [-0.4, -0.2) is 22.6 Å². The number of hydrogen-bond acceptors (Lipinski definition) is 2. The zero-order valence-electron chi connectivity index (χ0n) is 8.54. The number of imidazole rings is 1. The third kappa shape index (κ3) is 1.87. The van der Waals surface area contributed by atoms with Crippen LogP contribution in [0, 0.1) is 0 Å². The average molecular weight is 214 g/mol. The molecular formula is C10H16ClN3. The SMILES string of the molecule is Cn1c(Cl)cnc1N1CCCCCC1. The summed E-state index contributed by atoms with van der Waals surface area (Å²) in [4.78, 5) is 6.67. The Morgan fingerprint density at radius 1 is 1.21 bits per heavy atom. The van der Waals surface area contributed by atoms with E-state index in [2.05, 4.69) is 9.88 Å². The molecule has 1 aliphatic heterocycles. The summed E-state index contributed by atoms with van der Waals surface area (Å²) in [5, 5.41) is 0.712. The van der Waals surface area contributed by atoms with Gasteiger partial charge in [0.1, 0.15) is 5.15 Å². The van der Waals surface area contributed by atoms with Crippen LogP contribution in [0.15, 0.2) is 6.20 Å². The molecular weight excluding hydrogens is 198 g/mol. The molecule has 1 saturated heterocycles. The lowest BCUT2D eigenvalue weighted by Gasteiger charge is -2.21. The van der Waals surface area contributed by atoms with E-state index in [4.69, 9.17) is 11.6 Å². The third-order valence-corrected chi connectivity index (χ3v) is 3.15.